The predicted molar refractivity (Wildman–Crippen MR) is 52.7 cm³/mol. The van der Waals surface area contributed by atoms with Crippen molar-refractivity contribution in [2.45, 2.75) is 0 Å². The molecule has 0 aromatic heterocycles. The van der Waals surface area contributed by atoms with E-state index in [1.54, 1.807) is 7.11 Å². The van der Waals surface area contributed by atoms with Crippen LogP contribution >= 0.6 is 39.7 Å². The summed E-state index contributed by atoms with van der Waals surface area (Å²) < 4.78 is 9.85. The topological polar surface area (TPSA) is 18.5 Å². The van der Waals surface area contributed by atoms with Gasteiger partial charge in [0.2, 0.25) is 0 Å². The molecule has 0 heterocycles. The van der Waals surface area contributed by atoms with Crippen molar-refractivity contribution in [3.8, 4) is 0 Å². The summed E-state index contributed by atoms with van der Waals surface area (Å²) >= 11 is 0. The molecule has 0 saturated heterocycles. The first-order valence-electron chi connectivity index (χ1n) is 3.03. The summed E-state index contributed by atoms with van der Waals surface area (Å²) in [6.45, 7) is 1.61. The molecule has 0 rings (SSSR count). The largest absolute Gasteiger partial charge is 0.382 e. The lowest BCUT2D eigenvalue weighted by molar-refractivity contribution is 0.0790. The fourth-order valence-electron chi connectivity index (χ4n) is 0.398. The van der Waals surface area contributed by atoms with E-state index in [2.05, 4.69) is 0 Å². The van der Waals surface area contributed by atoms with Gasteiger partial charge in [-0.05, 0) is 39.7 Å². The third-order valence-electron chi connectivity index (χ3n) is 0.891. The summed E-state index contributed by atoms with van der Waals surface area (Å²) in [5, 5.41) is 0. The SMILES string of the molecule is COCCOCCS(Cl)(Cl)Cl. The molecule has 0 aliphatic heterocycles. The molecule has 0 aromatic carbocycles. The van der Waals surface area contributed by atoms with Crippen molar-refractivity contribution in [2.75, 3.05) is 32.7 Å². The molecule has 0 N–H and O–H groups in total. The third-order valence-corrected chi connectivity index (χ3v) is 2.91. The minimum atomic E-state index is -1.96. The molecule has 0 spiro atoms. The zero-order chi connectivity index (χ0) is 8.74. The average Bonchev–Trinajstić information content (AvgIpc) is 1.85. The number of hydrogen-bond donors (Lipinski definition) is 0. The number of rotatable bonds is 6. The van der Waals surface area contributed by atoms with Crippen molar-refractivity contribution >= 4 is 39.7 Å². The highest BCUT2D eigenvalue weighted by Crippen LogP contribution is 2.62. The molecule has 0 radical (unpaired) electrons. The zero-order valence-electron chi connectivity index (χ0n) is 6.19. The number of ether oxygens (including phenoxy) is 2. The fourth-order valence-corrected chi connectivity index (χ4v) is 1.27. The maximum absolute atomic E-state index is 5.55. The Kier molecular flexibility index (Phi) is 7.32. The first-order chi connectivity index (χ1) is 5.06. The molecular weight excluding hydrogens is 230 g/mol. The van der Waals surface area contributed by atoms with Crippen LogP contribution in [0.1, 0.15) is 0 Å². The maximum Gasteiger partial charge on any atom is 0.0700 e. The normalized spacial score (nSPS) is 13.5. The Balaban J connectivity index is 3.02. The van der Waals surface area contributed by atoms with Crippen molar-refractivity contribution < 1.29 is 9.47 Å². The molecule has 6 heteroatoms. The van der Waals surface area contributed by atoms with Crippen LogP contribution in [0.15, 0.2) is 0 Å². The van der Waals surface area contributed by atoms with Gasteiger partial charge in [0.05, 0.1) is 19.8 Å². The molecule has 0 unspecified atom stereocenters. The molecule has 0 fully saturated rings. The molecule has 11 heavy (non-hydrogen) atoms. The molecule has 0 aromatic rings. The first-order valence-corrected chi connectivity index (χ1v) is 7.31. The van der Waals surface area contributed by atoms with Gasteiger partial charge in [0, 0.05) is 12.9 Å². The molecule has 70 valence electrons. The van der Waals surface area contributed by atoms with Gasteiger partial charge in [0.1, 0.15) is 0 Å². The van der Waals surface area contributed by atoms with Gasteiger partial charge in [0.25, 0.3) is 0 Å². The molecule has 0 amide bonds. The molecule has 0 atom stereocenters. The van der Waals surface area contributed by atoms with Crippen molar-refractivity contribution in [1.82, 2.24) is 0 Å². The van der Waals surface area contributed by atoms with E-state index in [1.165, 1.54) is 0 Å². The summed E-state index contributed by atoms with van der Waals surface area (Å²) in [5.41, 5.74) is 0. The molecule has 0 bridgehead atoms. The van der Waals surface area contributed by atoms with Gasteiger partial charge in [-0.15, -0.1) is 0 Å². The lowest BCUT2D eigenvalue weighted by atomic mass is 10.7. The standard InChI is InChI=1S/C5H11Cl3O2S/c1-9-2-3-10-4-5-11(6,7)8/h2-5H2,1H3. The Bertz CT molecular complexity index is 96.2. The van der Waals surface area contributed by atoms with Gasteiger partial charge >= 0.3 is 0 Å². The van der Waals surface area contributed by atoms with Crippen molar-refractivity contribution in [2.24, 2.45) is 0 Å². The van der Waals surface area contributed by atoms with Crippen molar-refractivity contribution in [1.29, 1.82) is 0 Å². The van der Waals surface area contributed by atoms with E-state index < -0.39 is 7.67 Å². The van der Waals surface area contributed by atoms with Crippen LogP contribution in [-0.2, 0) is 9.47 Å². The first kappa shape index (κ1) is 12.1. The van der Waals surface area contributed by atoms with Crippen LogP contribution in [0.2, 0.25) is 0 Å². The highest BCUT2D eigenvalue weighted by atomic mass is 36.2. The van der Waals surface area contributed by atoms with E-state index in [-0.39, 0.29) is 0 Å². The average molecular weight is 242 g/mol. The van der Waals surface area contributed by atoms with Crippen LogP contribution in [0.25, 0.3) is 0 Å². The van der Waals surface area contributed by atoms with E-state index in [0.717, 1.165) is 0 Å². The van der Waals surface area contributed by atoms with E-state index in [1.807, 2.05) is 0 Å². The van der Waals surface area contributed by atoms with Gasteiger partial charge < -0.3 is 9.47 Å². The lowest BCUT2D eigenvalue weighted by Gasteiger charge is -2.14. The Labute approximate surface area is 81.9 Å². The number of halogens is 3. The Morgan fingerprint density at radius 3 is 2.18 bits per heavy atom. The maximum atomic E-state index is 5.55. The monoisotopic (exact) mass is 240 g/mol. The van der Waals surface area contributed by atoms with Gasteiger partial charge in [-0.2, -0.15) is 0 Å². The highest BCUT2D eigenvalue weighted by Gasteiger charge is 2.11. The van der Waals surface area contributed by atoms with E-state index in [4.69, 9.17) is 41.5 Å². The van der Waals surface area contributed by atoms with Gasteiger partial charge in [-0.25, -0.2) is 0 Å². The Morgan fingerprint density at radius 1 is 1.09 bits per heavy atom. The summed E-state index contributed by atoms with van der Waals surface area (Å²) in [7, 11) is 16.3. The summed E-state index contributed by atoms with van der Waals surface area (Å²) in [4.78, 5) is 0. The molecule has 0 aliphatic rings. The molecule has 0 saturated carbocycles. The van der Waals surface area contributed by atoms with Crippen LogP contribution in [0.5, 0.6) is 0 Å². The Hall–Kier alpha value is 1.14. The predicted octanol–water partition coefficient (Wildman–Crippen LogP) is 2.92. The van der Waals surface area contributed by atoms with Crippen molar-refractivity contribution in [3.63, 3.8) is 0 Å². The van der Waals surface area contributed by atoms with Crippen LogP contribution in [0, 0.1) is 0 Å². The van der Waals surface area contributed by atoms with Gasteiger partial charge in [-0.1, -0.05) is 0 Å². The second-order valence-corrected chi connectivity index (χ2v) is 9.39. The van der Waals surface area contributed by atoms with E-state index in [0.29, 0.717) is 25.6 Å². The smallest absolute Gasteiger partial charge is 0.0700 e. The zero-order valence-corrected chi connectivity index (χ0v) is 9.27. The molecule has 0 aliphatic carbocycles. The second kappa shape index (κ2) is 6.63. The molecular formula is C5H11Cl3O2S. The minimum absolute atomic E-state index is 0.481. The summed E-state index contributed by atoms with van der Waals surface area (Å²) in [5.74, 6) is 0.487. The fraction of sp³-hybridized carbons (Fsp3) is 1.00. The number of methoxy groups -OCH3 is 1. The third kappa shape index (κ3) is 11.1. The van der Waals surface area contributed by atoms with Crippen LogP contribution in [0.4, 0.5) is 0 Å². The van der Waals surface area contributed by atoms with Crippen LogP contribution < -0.4 is 0 Å². The molecule has 2 nitrogen and oxygen atoms in total. The highest BCUT2D eigenvalue weighted by molar-refractivity contribution is 8.79. The summed E-state index contributed by atoms with van der Waals surface area (Å²) in [6.07, 6.45) is 0. The minimum Gasteiger partial charge on any atom is -0.382 e. The summed E-state index contributed by atoms with van der Waals surface area (Å²) in [6, 6.07) is 0. The quantitative estimate of drug-likeness (QED) is 0.666. The van der Waals surface area contributed by atoms with Gasteiger partial charge in [0.15, 0.2) is 0 Å². The second-order valence-electron chi connectivity index (χ2n) is 1.81. The van der Waals surface area contributed by atoms with Crippen LogP contribution in [-0.4, -0.2) is 32.7 Å². The van der Waals surface area contributed by atoms with E-state index >= 15 is 0 Å². The van der Waals surface area contributed by atoms with Crippen LogP contribution in [0.3, 0.4) is 0 Å². The van der Waals surface area contributed by atoms with Crippen molar-refractivity contribution in [3.05, 3.63) is 0 Å². The van der Waals surface area contributed by atoms with E-state index in [9.17, 15) is 0 Å². The number of hydrogen-bond acceptors (Lipinski definition) is 2. The Morgan fingerprint density at radius 2 is 1.73 bits per heavy atom. The lowest BCUT2D eigenvalue weighted by Crippen LogP contribution is -2.05. The van der Waals surface area contributed by atoms with Gasteiger partial charge in [-0.3, -0.25) is 0 Å².